The van der Waals surface area contributed by atoms with E-state index in [-0.39, 0.29) is 42.0 Å². The summed E-state index contributed by atoms with van der Waals surface area (Å²) < 4.78 is 0. The molecule has 0 spiro atoms. The highest BCUT2D eigenvalue weighted by Gasteiger charge is 2.25. The molecule has 6 N–H and O–H groups in total. The predicted octanol–water partition coefficient (Wildman–Crippen LogP) is -0.505. The molecule has 0 radical (unpaired) electrons. The van der Waals surface area contributed by atoms with E-state index >= 15 is 0 Å². The lowest BCUT2D eigenvalue weighted by Gasteiger charge is -2.27. The van der Waals surface area contributed by atoms with Gasteiger partial charge in [0.2, 0.25) is 33.9 Å². The number of fused-ring (bicyclic) bond motifs is 4. The zero-order valence-corrected chi connectivity index (χ0v) is 28.4. The van der Waals surface area contributed by atoms with E-state index in [4.69, 9.17) is 0 Å². The number of rotatable bonds is 10. The van der Waals surface area contributed by atoms with Crippen molar-refractivity contribution >= 4 is 66.8 Å². The number of H-pyrrole nitrogens is 2. The second kappa shape index (κ2) is 14.8. The highest BCUT2D eigenvalue weighted by molar-refractivity contribution is 6.07. The lowest BCUT2D eigenvalue weighted by Crippen LogP contribution is -3.00. The summed E-state index contributed by atoms with van der Waals surface area (Å²) in [6, 6.07) is 31.4. The minimum absolute atomic E-state index is 0. The van der Waals surface area contributed by atoms with E-state index in [1.54, 1.807) is 0 Å². The molecular weight excluding hydrogens is 631 g/mol. The fourth-order valence-electron chi connectivity index (χ4n) is 5.72. The van der Waals surface area contributed by atoms with Gasteiger partial charge in [-0.05, 0) is 43.5 Å². The fourth-order valence-corrected chi connectivity index (χ4v) is 5.72. The van der Waals surface area contributed by atoms with Gasteiger partial charge in [-0.2, -0.15) is 0 Å². The van der Waals surface area contributed by atoms with Crippen molar-refractivity contribution < 1.29 is 44.4 Å². The van der Waals surface area contributed by atoms with E-state index in [9.17, 15) is 9.59 Å². The molecule has 2 heterocycles. The van der Waals surface area contributed by atoms with Crippen LogP contribution in [0.2, 0.25) is 0 Å². The van der Waals surface area contributed by atoms with Crippen LogP contribution in [0.5, 0.6) is 0 Å². The first-order valence-electron chi connectivity index (χ1n) is 15.4. The zero-order chi connectivity index (χ0) is 31.6. The summed E-state index contributed by atoms with van der Waals surface area (Å²) in [4.78, 5) is 33.4. The summed E-state index contributed by atoms with van der Waals surface area (Å²) in [5, 5.41) is 17.2. The number of carbonyl (C=O) groups is 2. The SMILES string of the molecule is C[C@H](Nc1c2ccccc2[nH+]c2ccccc12)C(=O)NCC(C)(C)CNC(=O)[C@H](C)Nc1c2ccccc2[nH+]c2ccccc12.[Cl-].[Cl-]. The first kappa shape index (κ1) is 35.2. The summed E-state index contributed by atoms with van der Waals surface area (Å²) in [5.41, 5.74) is 5.47. The Hall–Kier alpha value is -4.66. The number of pyridine rings is 2. The van der Waals surface area contributed by atoms with Crippen molar-refractivity contribution in [1.82, 2.24) is 10.6 Å². The van der Waals surface area contributed by atoms with E-state index in [0.717, 1.165) is 55.0 Å². The predicted molar refractivity (Wildman–Crippen MR) is 182 cm³/mol. The van der Waals surface area contributed by atoms with Gasteiger partial charge in [0.15, 0.2) is 0 Å². The third-order valence-electron chi connectivity index (χ3n) is 8.31. The van der Waals surface area contributed by atoms with E-state index in [0.29, 0.717) is 13.1 Å². The smallest absolute Gasteiger partial charge is 0.242 e. The number of carbonyl (C=O) groups excluding carboxylic acids is 2. The number of hydrogen-bond donors (Lipinski definition) is 4. The van der Waals surface area contributed by atoms with Crippen molar-refractivity contribution in [2.45, 2.75) is 39.8 Å². The topological polar surface area (TPSA) is 111 Å². The molecule has 47 heavy (non-hydrogen) atoms. The Morgan fingerprint density at radius 3 is 1.13 bits per heavy atom. The Kier molecular flexibility index (Phi) is 11.1. The number of aromatic amines is 2. The molecule has 4 aromatic carbocycles. The van der Waals surface area contributed by atoms with Crippen LogP contribution in [0.15, 0.2) is 97.1 Å². The minimum atomic E-state index is -0.471. The number of nitrogens with one attached hydrogen (secondary N) is 6. The third-order valence-corrected chi connectivity index (χ3v) is 8.31. The molecule has 0 aliphatic rings. The fraction of sp³-hybridized carbons (Fsp3) is 0.243. The molecular formula is C37H40Cl2N6O2. The van der Waals surface area contributed by atoms with E-state index in [1.165, 1.54) is 0 Å². The first-order valence-corrected chi connectivity index (χ1v) is 15.4. The second-order valence-corrected chi connectivity index (χ2v) is 12.5. The highest BCUT2D eigenvalue weighted by atomic mass is 35.5. The van der Waals surface area contributed by atoms with Crippen LogP contribution in [0.1, 0.15) is 27.7 Å². The Morgan fingerprint density at radius 2 is 0.830 bits per heavy atom. The van der Waals surface area contributed by atoms with Crippen molar-refractivity contribution in [2.75, 3.05) is 23.7 Å². The Bertz CT molecular complexity index is 1800. The summed E-state index contributed by atoms with van der Waals surface area (Å²) in [7, 11) is 0. The number of para-hydroxylation sites is 4. The minimum Gasteiger partial charge on any atom is -1.00 e. The second-order valence-electron chi connectivity index (χ2n) is 12.5. The van der Waals surface area contributed by atoms with E-state index in [1.807, 2.05) is 125 Å². The maximum atomic E-state index is 13.2. The zero-order valence-electron chi connectivity index (χ0n) is 26.9. The van der Waals surface area contributed by atoms with Gasteiger partial charge in [-0.15, -0.1) is 0 Å². The van der Waals surface area contributed by atoms with Crippen LogP contribution in [-0.4, -0.2) is 37.0 Å². The van der Waals surface area contributed by atoms with Crippen molar-refractivity contribution in [2.24, 2.45) is 5.41 Å². The average molecular weight is 672 g/mol. The molecule has 6 rings (SSSR count). The summed E-state index contributed by atoms with van der Waals surface area (Å²) in [5.74, 6) is -0.213. The van der Waals surface area contributed by atoms with Crippen molar-refractivity contribution in [1.29, 1.82) is 0 Å². The standard InChI is InChI=1S/C37H38N6O2.2ClH/c1-23(40-33-25-13-5-9-17-29(25)42-30-18-10-6-14-26(30)33)35(44)38-21-37(3,4)22-39-36(45)24(2)41-34-27-15-7-11-19-31(27)43-32-20-12-8-16-28(32)34;;/h5-20,23-24H,21-22H2,1-4H3,(H,38,44)(H,39,45)(H,40,42)(H,41,43);2*1H/t23-,24-;;/m0../s1. The molecule has 0 aliphatic heterocycles. The molecule has 10 heteroatoms. The van der Waals surface area contributed by atoms with Crippen LogP contribution in [0.4, 0.5) is 11.4 Å². The molecule has 2 atom stereocenters. The maximum absolute atomic E-state index is 13.2. The van der Waals surface area contributed by atoms with Gasteiger partial charge < -0.3 is 46.1 Å². The molecule has 244 valence electrons. The maximum Gasteiger partial charge on any atom is 0.242 e. The number of anilines is 2. The van der Waals surface area contributed by atoms with Gasteiger partial charge in [-0.25, -0.2) is 9.97 Å². The Labute approximate surface area is 286 Å². The van der Waals surface area contributed by atoms with Crippen LogP contribution in [0.25, 0.3) is 43.6 Å². The summed E-state index contributed by atoms with van der Waals surface area (Å²) >= 11 is 0. The molecule has 8 nitrogen and oxygen atoms in total. The molecule has 0 saturated heterocycles. The van der Waals surface area contributed by atoms with Crippen LogP contribution in [-0.2, 0) is 9.59 Å². The molecule has 0 bridgehead atoms. The largest absolute Gasteiger partial charge is 1.00 e. The lowest BCUT2D eigenvalue weighted by atomic mass is 9.93. The number of benzene rings is 4. The Balaban J connectivity index is 0.00000250. The number of halogens is 2. The van der Waals surface area contributed by atoms with Gasteiger partial charge in [-0.3, -0.25) is 9.59 Å². The quantitative estimate of drug-likeness (QED) is 0.147. The van der Waals surface area contributed by atoms with Crippen LogP contribution in [0.3, 0.4) is 0 Å². The van der Waals surface area contributed by atoms with E-state index < -0.39 is 12.1 Å². The van der Waals surface area contributed by atoms with Crippen molar-refractivity contribution in [3.05, 3.63) is 97.1 Å². The third kappa shape index (κ3) is 7.67. The molecule has 0 unspecified atom stereocenters. The first-order chi connectivity index (χ1) is 21.7. The molecule has 0 fully saturated rings. The average Bonchev–Trinajstić information content (AvgIpc) is 3.05. The molecule has 0 saturated carbocycles. The monoisotopic (exact) mass is 670 g/mol. The highest BCUT2D eigenvalue weighted by Crippen LogP contribution is 2.30. The van der Waals surface area contributed by atoms with Gasteiger partial charge in [-0.1, -0.05) is 62.4 Å². The van der Waals surface area contributed by atoms with Gasteiger partial charge in [0.25, 0.3) is 0 Å². The van der Waals surface area contributed by atoms with Crippen molar-refractivity contribution in [3.63, 3.8) is 0 Å². The van der Waals surface area contributed by atoms with Gasteiger partial charge >= 0.3 is 0 Å². The number of amides is 2. The molecule has 2 aromatic heterocycles. The van der Waals surface area contributed by atoms with E-state index in [2.05, 4.69) is 31.2 Å². The van der Waals surface area contributed by atoms with Crippen molar-refractivity contribution in [3.8, 4) is 0 Å². The van der Waals surface area contributed by atoms with Gasteiger partial charge in [0, 0.05) is 37.4 Å². The molecule has 2 amide bonds. The molecule has 6 aromatic rings. The molecule has 0 aliphatic carbocycles. The van der Waals surface area contributed by atoms with Crippen LogP contribution >= 0.6 is 0 Å². The Morgan fingerprint density at radius 1 is 0.553 bits per heavy atom. The number of aromatic nitrogens is 2. The summed E-state index contributed by atoms with van der Waals surface area (Å²) in [6.07, 6.45) is 0. The normalized spacial score (nSPS) is 12.5. The van der Waals surface area contributed by atoms with Crippen LogP contribution in [0, 0.1) is 5.41 Å². The summed E-state index contributed by atoms with van der Waals surface area (Å²) in [6.45, 7) is 8.62. The van der Waals surface area contributed by atoms with Gasteiger partial charge in [0.05, 0.1) is 32.9 Å². The van der Waals surface area contributed by atoms with Crippen LogP contribution < -0.4 is 56.0 Å². The number of hydrogen-bond acceptors (Lipinski definition) is 4. The van der Waals surface area contributed by atoms with Gasteiger partial charge in [0.1, 0.15) is 12.1 Å². The lowest BCUT2D eigenvalue weighted by molar-refractivity contribution is -0.310.